The predicted octanol–water partition coefficient (Wildman–Crippen LogP) is 1.76. The summed E-state index contributed by atoms with van der Waals surface area (Å²) in [5, 5.41) is 2.19. The van der Waals surface area contributed by atoms with Gasteiger partial charge in [-0.1, -0.05) is 23.8 Å². The molecule has 0 amide bonds. The Hall–Kier alpha value is -2.23. The topological polar surface area (TPSA) is 73.0 Å². The fourth-order valence-electron chi connectivity index (χ4n) is 1.32. The third kappa shape index (κ3) is 3.16. The van der Waals surface area contributed by atoms with Gasteiger partial charge in [0.25, 0.3) is 0 Å². The number of nitrogens with two attached hydrogens (primary N) is 1. The lowest BCUT2D eigenvalue weighted by Gasteiger charge is -2.00. The first-order chi connectivity index (χ1) is 7.77. The molecule has 2 rings (SSSR count). The van der Waals surface area contributed by atoms with E-state index in [2.05, 4.69) is 18.0 Å². The van der Waals surface area contributed by atoms with Gasteiger partial charge in [0, 0.05) is 11.6 Å². The molecule has 0 bridgehead atoms. The highest BCUT2D eigenvalue weighted by molar-refractivity contribution is 5.91. The van der Waals surface area contributed by atoms with E-state index >= 15 is 0 Å². The molecule has 0 radical (unpaired) electrons. The molecular weight excluding hydrogens is 204 g/mol. The lowest BCUT2D eigenvalue weighted by Crippen LogP contribution is -1.90. The second-order valence-electron chi connectivity index (χ2n) is 2.92. The molecule has 4 heteroatoms. The van der Waals surface area contributed by atoms with Crippen LogP contribution >= 0.6 is 0 Å². The van der Waals surface area contributed by atoms with E-state index in [9.17, 15) is 0 Å². The number of carbonyl (C=O) groups is 2. The highest BCUT2D eigenvalue weighted by Crippen LogP contribution is 2.19. The van der Waals surface area contributed by atoms with E-state index in [4.69, 9.17) is 15.3 Å². The molecule has 0 saturated carbocycles. The summed E-state index contributed by atoms with van der Waals surface area (Å²) in [7, 11) is 0. The maximum atomic E-state index is 8.00. The number of pyridine rings is 1. The monoisotopic (exact) mass is 218 g/mol. The van der Waals surface area contributed by atoms with Crippen molar-refractivity contribution < 1.29 is 9.59 Å². The molecule has 2 aromatic rings. The van der Waals surface area contributed by atoms with E-state index in [1.54, 1.807) is 6.20 Å². The summed E-state index contributed by atoms with van der Waals surface area (Å²) in [4.78, 5) is 20.0. The lowest BCUT2D eigenvalue weighted by atomic mass is 10.1. The van der Waals surface area contributed by atoms with Crippen molar-refractivity contribution in [3.63, 3.8) is 0 Å². The van der Waals surface area contributed by atoms with E-state index in [1.807, 2.05) is 31.8 Å². The highest BCUT2D eigenvalue weighted by Gasteiger charge is 1.96. The van der Waals surface area contributed by atoms with Gasteiger partial charge >= 0.3 is 0 Å². The van der Waals surface area contributed by atoms with E-state index in [-0.39, 0.29) is 0 Å². The number of aromatic nitrogens is 1. The number of carbonyl (C=O) groups excluding carboxylic acids is 2. The largest absolute Gasteiger partial charge is 0.383 e. The number of rotatable bonds is 0. The Labute approximate surface area is 94.1 Å². The Balaban J connectivity index is 0.000000509. The first-order valence-corrected chi connectivity index (χ1v) is 4.46. The van der Waals surface area contributed by atoms with Crippen LogP contribution in [0.1, 0.15) is 5.56 Å². The van der Waals surface area contributed by atoms with Crippen molar-refractivity contribution in [3.8, 4) is 0 Å². The van der Waals surface area contributed by atoms with Crippen LogP contribution in [0.4, 0.5) is 5.82 Å². The molecule has 0 aliphatic heterocycles. The van der Waals surface area contributed by atoms with Gasteiger partial charge in [-0.15, -0.1) is 0 Å². The summed E-state index contributed by atoms with van der Waals surface area (Å²) >= 11 is 0. The van der Waals surface area contributed by atoms with Gasteiger partial charge in [0.2, 0.25) is 0 Å². The Kier molecular flexibility index (Phi) is 6.12. The van der Waals surface area contributed by atoms with Crippen LogP contribution in [0.5, 0.6) is 0 Å². The number of hydrogen-bond acceptors (Lipinski definition) is 4. The fraction of sp³-hybridized carbons (Fsp3) is 0.0833. The molecular formula is C12H14N2O2. The molecule has 0 aliphatic rings. The van der Waals surface area contributed by atoms with Gasteiger partial charge in [-0.25, -0.2) is 4.98 Å². The van der Waals surface area contributed by atoms with Gasteiger partial charge in [0.1, 0.15) is 19.4 Å². The third-order valence-corrected chi connectivity index (χ3v) is 1.95. The standard InChI is InChI=1S/C10H10N2.2CH2O/c1-7-2-3-9-8(6-7)4-5-12-10(9)11;2*1-2/h2-6H,1H3,(H2,11,12);2*1H2. The van der Waals surface area contributed by atoms with E-state index in [1.165, 1.54) is 5.56 Å². The fourth-order valence-corrected chi connectivity index (χ4v) is 1.32. The maximum Gasteiger partial charge on any atom is 0.131 e. The molecule has 0 aliphatic carbocycles. The molecule has 0 fully saturated rings. The Morgan fingerprint density at radius 3 is 2.38 bits per heavy atom. The van der Waals surface area contributed by atoms with E-state index < -0.39 is 0 Å². The Morgan fingerprint density at radius 1 is 1.12 bits per heavy atom. The molecule has 1 aromatic heterocycles. The molecule has 1 heterocycles. The average molecular weight is 218 g/mol. The van der Waals surface area contributed by atoms with Crippen LogP contribution in [0, 0.1) is 6.92 Å². The average Bonchev–Trinajstić information content (AvgIpc) is 2.34. The maximum absolute atomic E-state index is 8.00. The first-order valence-electron chi connectivity index (χ1n) is 4.46. The van der Waals surface area contributed by atoms with Crippen molar-refractivity contribution in [1.82, 2.24) is 4.98 Å². The highest BCUT2D eigenvalue weighted by atomic mass is 16.1. The van der Waals surface area contributed by atoms with Gasteiger partial charge in [-0.3, -0.25) is 0 Å². The molecule has 1 aromatic carbocycles. The predicted molar refractivity (Wildman–Crippen MR) is 65.1 cm³/mol. The number of fused-ring (bicyclic) bond motifs is 1. The minimum Gasteiger partial charge on any atom is -0.383 e. The quantitative estimate of drug-likeness (QED) is 0.731. The van der Waals surface area contributed by atoms with Gasteiger partial charge in [0.05, 0.1) is 0 Å². The van der Waals surface area contributed by atoms with Crippen LogP contribution in [0.25, 0.3) is 10.8 Å². The summed E-state index contributed by atoms with van der Waals surface area (Å²) in [6.45, 7) is 6.07. The molecule has 4 nitrogen and oxygen atoms in total. The smallest absolute Gasteiger partial charge is 0.131 e. The molecule has 2 N–H and O–H groups in total. The van der Waals surface area contributed by atoms with Gasteiger partial charge in [-0.2, -0.15) is 0 Å². The van der Waals surface area contributed by atoms with Crippen LogP contribution in [0.2, 0.25) is 0 Å². The lowest BCUT2D eigenvalue weighted by molar-refractivity contribution is -0.0987. The van der Waals surface area contributed by atoms with Crippen LogP contribution in [-0.2, 0) is 9.59 Å². The number of hydrogen-bond donors (Lipinski definition) is 1. The summed E-state index contributed by atoms with van der Waals surface area (Å²) in [6, 6.07) is 8.12. The van der Waals surface area contributed by atoms with Gasteiger partial charge in [-0.05, 0) is 18.4 Å². The minimum atomic E-state index is 0.604. The Morgan fingerprint density at radius 2 is 1.75 bits per heavy atom. The molecule has 84 valence electrons. The van der Waals surface area contributed by atoms with Crippen LogP contribution < -0.4 is 5.73 Å². The van der Waals surface area contributed by atoms with Crippen LogP contribution in [0.3, 0.4) is 0 Å². The molecule has 0 spiro atoms. The first kappa shape index (κ1) is 13.8. The summed E-state index contributed by atoms with van der Waals surface area (Å²) in [5.74, 6) is 0.604. The number of aryl methyl sites for hydroxylation is 1. The van der Waals surface area contributed by atoms with Crippen molar-refractivity contribution in [2.75, 3.05) is 5.73 Å². The van der Waals surface area contributed by atoms with Crippen molar-refractivity contribution in [3.05, 3.63) is 36.0 Å². The van der Waals surface area contributed by atoms with Crippen molar-refractivity contribution in [1.29, 1.82) is 0 Å². The number of anilines is 1. The summed E-state index contributed by atoms with van der Waals surface area (Å²) < 4.78 is 0. The van der Waals surface area contributed by atoms with Crippen molar-refractivity contribution in [2.45, 2.75) is 6.92 Å². The summed E-state index contributed by atoms with van der Waals surface area (Å²) in [6.07, 6.45) is 1.73. The number of nitrogen functional groups attached to an aromatic ring is 1. The molecule has 0 unspecified atom stereocenters. The zero-order valence-electron chi connectivity index (χ0n) is 9.14. The van der Waals surface area contributed by atoms with Crippen molar-refractivity contribution in [2.24, 2.45) is 0 Å². The van der Waals surface area contributed by atoms with Crippen molar-refractivity contribution >= 4 is 30.2 Å². The zero-order chi connectivity index (χ0) is 12.6. The minimum absolute atomic E-state index is 0.604. The third-order valence-electron chi connectivity index (χ3n) is 1.95. The Bertz CT molecular complexity index is 456. The second-order valence-corrected chi connectivity index (χ2v) is 2.92. The van der Waals surface area contributed by atoms with E-state index in [0.717, 1.165) is 10.8 Å². The van der Waals surface area contributed by atoms with Gasteiger partial charge < -0.3 is 15.3 Å². The van der Waals surface area contributed by atoms with Crippen LogP contribution in [0.15, 0.2) is 30.5 Å². The summed E-state index contributed by atoms with van der Waals surface area (Å²) in [5.41, 5.74) is 6.94. The van der Waals surface area contributed by atoms with E-state index in [0.29, 0.717) is 5.82 Å². The van der Waals surface area contributed by atoms with Crippen LogP contribution in [-0.4, -0.2) is 18.6 Å². The SMILES string of the molecule is C=O.C=O.Cc1ccc2c(N)nccc2c1. The van der Waals surface area contributed by atoms with Gasteiger partial charge in [0.15, 0.2) is 0 Å². The number of benzene rings is 1. The zero-order valence-corrected chi connectivity index (χ0v) is 9.14. The number of nitrogens with zero attached hydrogens (tertiary/aromatic N) is 1. The normalized spacial score (nSPS) is 8.31. The second kappa shape index (κ2) is 7.11. The molecule has 0 atom stereocenters. The molecule has 0 saturated heterocycles. The molecule has 16 heavy (non-hydrogen) atoms.